The van der Waals surface area contributed by atoms with Crippen molar-refractivity contribution in [3.05, 3.63) is 82.8 Å². The van der Waals surface area contributed by atoms with Gasteiger partial charge in [0, 0.05) is 17.3 Å². The Labute approximate surface area is 189 Å². The van der Waals surface area contributed by atoms with Gasteiger partial charge in [-0.3, -0.25) is 19.4 Å². The van der Waals surface area contributed by atoms with Crippen molar-refractivity contribution in [2.24, 2.45) is 0 Å². The molecule has 2 unspecified atom stereocenters. The van der Waals surface area contributed by atoms with Crippen LogP contribution >= 0.6 is 11.3 Å². The molecule has 8 nitrogen and oxygen atoms in total. The Morgan fingerprint density at radius 1 is 1.12 bits per heavy atom. The third kappa shape index (κ3) is 5.92. The van der Waals surface area contributed by atoms with Crippen molar-refractivity contribution in [3.8, 4) is 5.75 Å². The Balaban J connectivity index is 1.90. The molecule has 1 aromatic carbocycles. The number of carboxylic acids is 1. The van der Waals surface area contributed by atoms with Crippen LogP contribution in [0.3, 0.4) is 0 Å². The Hall–Kier alpha value is -3.72. The molecule has 3 aromatic rings. The second kappa shape index (κ2) is 11.1. The number of amides is 2. The van der Waals surface area contributed by atoms with Gasteiger partial charge in [-0.25, -0.2) is 0 Å². The molecule has 2 aromatic heterocycles. The first-order chi connectivity index (χ1) is 15.5. The highest BCUT2D eigenvalue weighted by molar-refractivity contribution is 7.10. The average molecular weight is 454 g/mol. The largest absolute Gasteiger partial charge is 0.492 e. The molecular formula is C23H23N3O5S. The maximum absolute atomic E-state index is 13.4. The van der Waals surface area contributed by atoms with Crippen LogP contribution in [-0.4, -0.2) is 52.0 Å². The summed E-state index contributed by atoms with van der Waals surface area (Å²) >= 11 is 1.31. The second-order valence-corrected chi connectivity index (χ2v) is 7.87. The predicted octanol–water partition coefficient (Wildman–Crippen LogP) is 2.99. The topological polar surface area (TPSA) is 109 Å². The van der Waals surface area contributed by atoms with Crippen molar-refractivity contribution in [3.63, 3.8) is 0 Å². The maximum Gasteiger partial charge on any atom is 0.325 e. The second-order valence-electron chi connectivity index (χ2n) is 6.89. The van der Waals surface area contributed by atoms with Crippen LogP contribution in [-0.2, 0) is 9.59 Å². The van der Waals surface area contributed by atoms with Crippen molar-refractivity contribution < 1.29 is 24.2 Å². The first-order valence-corrected chi connectivity index (χ1v) is 10.8. The van der Waals surface area contributed by atoms with Crippen LogP contribution in [0.2, 0.25) is 0 Å². The fourth-order valence-corrected chi connectivity index (χ4v) is 3.84. The van der Waals surface area contributed by atoms with Gasteiger partial charge in [0.1, 0.15) is 24.4 Å². The molecule has 166 valence electrons. The number of nitrogens with zero attached hydrogens (tertiary/aromatic N) is 2. The summed E-state index contributed by atoms with van der Waals surface area (Å²) in [5, 5.41) is 13.5. The molecule has 0 radical (unpaired) electrons. The molecule has 2 N–H and O–H groups in total. The molecule has 0 saturated carbocycles. The van der Waals surface area contributed by atoms with E-state index in [0.717, 1.165) is 0 Å². The summed E-state index contributed by atoms with van der Waals surface area (Å²) in [5.74, 6) is -1.52. The summed E-state index contributed by atoms with van der Waals surface area (Å²) in [7, 11) is 0. The molecule has 0 saturated heterocycles. The summed E-state index contributed by atoms with van der Waals surface area (Å²) < 4.78 is 5.76. The number of pyridine rings is 1. The van der Waals surface area contributed by atoms with Crippen LogP contribution in [0.4, 0.5) is 0 Å². The Kier molecular flexibility index (Phi) is 7.93. The van der Waals surface area contributed by atoms with Crippen LogP contribution in [0.5, 0.6) is 5.75 Å². The molecule has 2 amide bonds. The van der Waals surface area contributed by atoms with E-state index in [1.807, 2.05) is 18.2 Å². The highest BCUT2D eigenvalue weighted by Crippen LogP contribution is 2.27. The summed E-state index contributed by atoms with van der Waals surface area (Å²) in [5.41, 5.74) is 0.313. The first-order valence-electron chi connectivity index (χ1n) is 9.93. The molecule has 0 spiro atoms. The van der Waals surface area contributed by atoms with Crippen molar-refractivity contribution >= 4 is 29.1 Å². The number of hydrogen-bond acceptors (Lipinski definition) is 6. The quantitative estimate of drug-likeness (QED) is 0.489. The minimum atomic E-state index is -1.17. The van der Waals surface area contributed by atoms with Crippen molar-refractivity contribution in [2.45, 2.75) is 19.0 Å². The number of nitrogens with one attached hydrogen (secondary N) is 1. The molecule has 0 bridgehead atoms. The molecule has 0 aliphatic heterocycles. The molecule has 0 aliphatic carbocycles. The maximum atomic E-state index is 13.4. The third-order valence-electron chi connectivity index (χ3n) is 4.62. The summed E-state index contributed by atoms with van der Waals surface area (Å²) in [6.45, 7) is 1.61. The molecular weight excluding hydrogens is 430 g/mol. The number of thiophene rings is 1. The number of para-hydroxylation sites is 1. The number of hydrogen-bond donors (Lipinski definition) is 2. The number of rotatable bonds is 10. The van der Waals surface area contributed by atoms with Gasteiger partial charge >= 0.3 is 5.97 Å². The standard InChI is InChI=1S/C23H23N3O5S/c1-16(23(29)30)25-21(27)20(19-10-6-14-32-19)26(22(28)17-7-5-11-24-15-17)12-13-31-18-8-3-2-4-9-18/h2-11,14-16,20H,12-13H2,1H3,(H,25,27)(H,29,30). The highest BCUT2D eigenvalue weighted by Gasteiger charge is 2.34. The number of carboxylic acid groups (broad SMARTS) is 1. The van der Waals surface area contributed by atoms with Gasteiger partial charge in [0.25, 0.3) is 5.91 Å². The van der Waals surface area contributed by atoms with Gasteiger partial charge in [0.05, 0.1) is 12.1 Å². The van der Waals surface area contributed by atoms with Crippen molar-refractivity contribution in [2.75, 3.05) is 13.2 Å². The van der Waals surface area contributed by atoms with E-state index >= 15 is 0 Å². The van der Waals surface area contributed by atoms with E-state index in [4.69, 9.17) is 4.74 Å². The summed E-state index contributed by atoms with van der Waals surface area (Å²) in [4.78, 5) is 43.8. The molecule has 0 aliphatic rings. The van der Waals surface area contributed by atoms with Crippen LogP contribution in [0, 0.1) is 0 Å². The van der Waals surface area contributed by atoms with E-state index < -0.39 is 29.9 Å². The highest BCUT2D eigenvalue weighted by atomic mass is 32.1. The van der Waals surface area contributed by atoms with Gasteiger partial charge in [0.2, 0.25) is 5.91 Å². The van der Waals surface area contributed by atoms with E-state index in [0.29, 0.717) is 16.2 Å². The van der Waals surface area contributed by atoms with E-state index in [-0.39, 0.29) is 13.2 Å². The van der Waals surface area contributed by atoms with Gasteiger partial charge < -0.3 is 20.1 Å². The smallest absolute Gasteiger partial charge is 0.325 e. The van der Waals surface area contributed by atoms with Gasteiger partial charge in [-0.1, -0.05) is 24.3 Å². The number of benzene rings is 1. The third-order valence-corrected chi connectivity index (χ3v) is 5.54. The molecule has 9 heteroatoms. The Bertz CT molecular complexity index is 1030. The van der Waals surface area contributed by atoms with E-state index in [9.17, 15) is 19.5 Å². The first kappa shape index (κ1) is 23.0. The van der Waals surface area contributed by atoms with Gasteiger partial charge in [-0.15, -0.1) is 11.3 Å². The monoisotopic (exact) mass is 453 g/mol. The van der Waals surface area contributed by atoms with Crippen LogP contribution in [0.15, 0.2) is 72.4 Å². The lowest BCUT2D eigenvalue weighted by Gasteiger charge is -2.31. The number of carbonyl (C=O) groups is 3. The lowest BCUT2D eigenvalue weighted by atomic mass is 10.1. The molecule has 0 fully saturated rings. The Morgan fingerprint density at radius 3 is 2.53 bits per heavy atom. The lowest BCUT2D eigenvalue weighted by Crippen LogP contribution is -2.48. The molecule has 32 heavy (non-hydrogen) atoms. The zero-order valence-corrected chi connectivity index (χ0v) is 18.2. The molecule has 2 atom stereocenters. The van der Waals surface area contributed by atoms with Crippen molar-refractivity contribution in [1.82, 2.24) is 15.2 Å². The number of aromatic nitrogens is 1. The minimum absolute atomic E-state index is 0.0973. The average Bonchev–Trinajstić information content (AvgIpc) is 3.33. The molecule has 3 rings (SSSR count). The van der Waals surface area contributed by atoms with Crippen LogP contribution in [0.25, 0.3) is 0 Å². The van der Waals surface area contributed by atoms with E-state index in [1.54, 1.807) is 48.0 Å². The molecule has 2 heterocycles. The van der Waals surface area contributed by atoms with E-state index in [1.165, 1.54) is 29.4 Å². The van der Waals surface area contributed by atoms with Crippen LogP contribution < -0.4 is 10.1 Å². The predicted molar refractivity (Wildman–Crippen MR) is 120 cm³/mol. The number of ether oxygens (including phenoxy) is 1. The van der Waals surface area contributed by atoms with Gasteiger partial charge in [-0.05, 0) is 42.6 Å². The number of aliphatic carboxylic acids is 1. The summed E-state index contributed by atoms with van der Waals surface area (Å²) in [6.07, 6.45) is 2.98. The lowest BCUT2D eigenvalue weighted by molar-refractivity contribution is -0.142. The normalized spacial score (nSPS) is 12.4. The number of carbonyl (C=O) groups excluding carboxylic acids is 2. The van der Waals surface area contributed by atoms with E-state index in [2.05, 4.69) is 10.3 Å². The zero-order chi connectivity index (χ0) is 22.9. The zero-order valence-electron chi connectivity index (χ0n) is 17.4. The minimum Gasteiger partial charge on any atom is -0.492 e. The Morgan fingerprint density at radius 2 is 1.91 bits per heavy atom. The summed E-state index contributed by atoms with van der Waals surface area (Å²) in [6, 6.07) is 13.8. The van der Waals surface area contributed by atoms with Gasteiger partial charge in [0.15, 0.2) is 0 Å². The SMILES string of the molecule is CC(NC(=O)C(c1cccs1)N(CCOc1ccccc1)C(=O)c1cccnc1)C(=O)O. The fourth-order valence-electron chi connectivity index (χ4n) is 3.01. The van der Waals surface area contributed by atoms with Crippen molar-refractivity contribution in [1.29, 1.82) is 0 Å². The van der Waals surface area contributed by atoms with Gasteiger partial charge in [-0.2, -0.15) is 0 Å². The van der Waals surface area contributed by atoms with Crippen LogP contribution in [0.1, 0.15) is 28.2 Å². The fraction of sp³-hybridized carbons (Fsp3) is 0.217.